The lowest BCUT2D eigenvalue weighted by atomic mass is 9.94. The topological polar surface area (TPSA) is 66.3 Å². The van der Waals surface area contributed by atoms with Gasteiger partial charge in [0.1, 0.15) is 11.7 Å². The van der Waals surface area contributed by atoms with Crippen LogP contribution in [0.2, 0.25) is 0 Å². The first-order valence-electron chi connectivity index (χ1n) is 6.74. The summed E-state index contributed by atoms with van der Waals surface area (Å²) in [5, 5.41) is 9.08. The predicted molar refractivity (Wildman–Crippen MR) is 72.3 cm³/mol. The van der Waals surface area contributed by atoms with Crippen LogP contribution in [-0.2, 0) is 4.79 Å². The lowest BCUT2D eigenvalue weighted by Crippen LogP contribution is -2.31. The Morgan fingerprint density at radius 2 is 2.26 bits per heavy atom. The normalized spacial score (nSPS) is 22.2. The lowest BCUT2D eigenvalue weighted by Gasteiger charge is -2.29. The molecule has 1 N–H and O–H groups in total. The zero-order valence-corrected chi connectivity index (χ0v) is 11.8. The van der Waals surface area contributed by atoms with Crippen LogP contribution in [0.5, 0.6) is 0 Å². The second kappa shape index (κ2) is 5.65. The Kier molecular flexibility index (Phi) is 4.14. The molecule has 0 aliphatic carbocycles. The molecule has 1 fully saturated rings. The Morgan fingerprint density at radius 1 is 1.53 bits per heavy atom. The van der Waals surface area contributed by atoms with Gasteiger partial charge in [0.15, 0.2) is 0 Å². The minimum atomic E-state index is -0.877. The van der Waals surface area contributed by atoms with E-state index in [-0.39, 0.29) is 0 Å². The van der Waals surface area contributed by atoms with Crippen LogP contribution in [0.3, 0.4) is 0 Å². The first-order chi connectivity index (χ1) is 8.97. The fourth-order valence-corrected chi connectivity index (χ4v) is 2.54. The minimum Gasteiger partial charge on any atom is -0.481 e. The number of carbonyl (C=O) groups is 1. The van der Waals surface area contributed by atoms with Crippen LogP contribution in [0.4, 0.5) is 0 Å². The van der Waals surface area contributed by atoms with Crippen molar-refractivity contribution in [1.29, 1.82) is 0 Å². The lowest BCUT2D eigenvalue weighted by molar-refractivity contribution is -0.138. The van der Waals surface area contributed by atoms with Gasteiger partial charge in [0.2, 0.25) is 0 Å². The number of hydrogen-bond acceptors (Lipinski definition) is 4. The Balaban J connectivity index is 2.28. The molecule has 104 valence electrons. The number of likely N-dealkylation sites (N-methyl/N-ethyl adjacent to an activating group) is 1. The molecule has 2 heterocycles. The Bertz CT molecular complexity index is 476. The van der Waals surface area contributed by atoms with Crippen molar-refractivity contribution in [3.05, 3.63) is 23.3 Å². The van der Waals surface area contributed by atoms with E-state index < -0.39 is 11.9 Å². The van der Waals surface area contributed by atoms with Crippen molar-refractivity contribution in [2.75, 3.05) is 20.1 Å². The number of likely N-dealkylation sites (tertiary alicyclic amines) is 1. The van der Waals surface area contributed by atoms with Gasteiger partial charge in [-0.2, -0.15) is 0 Å². The summed E-state index contributed by atoms with van der Waals surface area (Å²) in [6.45, 7) is 5.64. The monoisotopic (exact) mass is 263 g/mol. The number of aliphatic carboxylic acids is 1. The number of piperidine rings is 1. The van der Waals surface area contributed by atoms with E-state index in [1.54, 1.807) is 6.92 Å². The molecule has 2 atom stereocenters. The smallest absolute Gasteiger partial charge is 0.313 e. The summed E-state index contributed by atoms with van der Waals surface area (Å²) in [4.78, 5) is 22.1. The van der Waals surface area contributed by atoms with Crippen molar-refractivity contribution in [2.24, 2.45) is 0 Å². The molecule has 0 bridgehead atoms. The number of carboxylic acid groups (broad SMARTS) is 1. The summed E-state index contributed by atoms with van der Waals surface area (Å²) in [7, 11) is 2.11. The average molecular weight is 263 g/mol. The third kappa shape index (κ3) is 3.29. The highest BCUT2D eigenvalue weighted by Crippen LogP contribution is 2.26. The highest BCUT2D eigenvalue weighted by Gasteiger charge is 2.23. The van der Waals surface area contributed by atoms with Gasteiger partial charge >= 0.3 is 5.97 Å². The summed E-state index contributed by atoms with van der Waals surface area (Å²) >= 11 is 0. The maximum atomic E-state index is 11.1. The standard InChI is InChI=1S/C14H21N3O2/c1-9-7-12(11-5-4-6-17(3)8-11)16-13(15-9)10(2)14(18)19/h7,10-11H,4-6,8H2,1-3H3,(H,18,19). The highest BCUT2D eigenvalue weighted by atomic mass is 16.4. The highest BCUT2D eigenvalue weighted by molar-refractivity contribution is 5.74. The average Bonchev–Trinajstić information content (AvgIpc) is 2.37. The van der Waals surface area contributed by atoms with Crippen LogP contribution >= 0.6 is 0 Å². The molecule has 5 nitrogen and oxygen atoms in total. The molecule has 0 amide bonds. The van der Waals surface area contributed by atoms with Gasteiger partial charge in [0.05, 0.1) is 0 Å². The molecule has 5 heteroatoms. The number of hydrogen-bond donors (Lipinski definition) is 1. The number of aryl methyl sites for hydroxylation is 1. The van der Waals surface area contributed by atoms with Gasteiger partial charge < -0.3 is 10.0 Å². The van der Waals surface area contributed by atoms with E-state index in [9.17, 15) is 4.79 Å². The fourth-order valence-electron chi connectivity index (χ4n) is 2.54. The number of aromatic nitrogens is 2. The van der Waals surface area contributed by atoms with Crippen molar-refractivity contribution >= 4 is 5.97 Å². The molecule has 2 unspecified atom stereocenters. The largest absolute Gasteiger partial charge is 0.481 e. The molecule has 1 aliphatic heterocycles. The molecule has 0 spiro atoms. The molecule has 0 saturated carbocycles. The van der Waals surface area contributed by atoms with Crippen LogP contribution in [0.15, 0.2) is 6.07 Å². The summed E-state index contributed by atoms with van der Waals surface area (Å²) in [5.74, 6) is -0.715. The van der Waals surface area contributed by atoms with E-state index in [2.05, 4.69) is 21.9 Å². The third-order valence-electron chi connectivity index (χ3n) is 3.69. The maximum absolute atomic E-state index is 11.1. The van der Waals surface area contributed by atoms with E-state index in [0.29, 0.717) is 11.7 Å². The van der Waals surface area contributed by atoms with Crippen molar-refractivity contribution in [1.82, 2.24) is 14.9 Å². The quantitative estimate of drug-likeness (QED) is 0.900. The van der Waals surface area contributed by atoms with Crippen molar-refractivity contribution in [3.63, 3.8) is 0 Å². The van der Waals surface area contributed by atoms with Gasteiger partial charge in [-0.1, -0.05) is 0 Å². The van der Waals surface area contributed by atoms with Crippen molar-refractivity contribution in [2.45, 2.75) is 38.5 Å². The fraction of sp³-hybridized carbons (Fsp3) is 0.643. The van der Waals surface area contributed by atoms with Gasteiger partial charge in [0, 0.05) is 23.9 Å². The van der Waals surface area contributed by atoms with Crippen LogP contribution in [0.25, 0.3) is 0 Å². The summed E-state index contributed by atoms with van der Waals surface area (Å²) in [6, 6.07) is 1.99. The zero-order chi connectivity index (χ0) is 14.0. The molecule has 1 saturated heterocycles. The van der Waals surface area contributed by atoms with Gasteiger partial charge in [-0.3, -0.25) is 4.79 Å². The Hall–Kier alpha value is -1.49. The molecule has 19 heavy (non-hydrogen) atoms. The van der Waals surface area contributed by atoms with Crippen molar-refractivity contribution < 1.29 is 9.90 Å². The predicted octanol–water partition coefficient (Wildman–Crippen LogP) is 1.78. The minimum absolute atomic E-state index is 0.389. The van der Waals surface area contributed by atoms with Gasteiger partial charge in [-0.25, -0.2) is 9.97 Å². The van der Waals surface area contributed by atoms with Gasteiger partial charge in [-0.05, 0) is 46.3 Å². The van der Waals surface area contributed by atoms with Crippen LogP contribution in [0.1, 0.15) is 48.8 Å². The first kappa shape index (κ1) is 13.9. The van der Waals surface area contributed by atoms with Gasteiger partial charge in [-0.15, -0.1) is 0 Å². The third-order valence-corrected chi connectivity index (χ3v) is 3.69. The van der Waals surface area contributed by atoms with Crippen LogP contribution in [0, 0.1) is 6.92 Å². The van der Waals surface area contributed by atoms with E-state index in [0.717, 1.165) is 37.3 Å². The molecule has 1 aliphatic rings. The summed E-state index contributed by atoms with van der Waals surface area (Å²) in [6.07, 6.45) is 2.27. The summed E-state index contributed by atoms with van der Waals surface area (Å²) in [5.41, 5.74) is 1.84. The Labute approximate surface area is 113 Å². The molecule has 1 aromatic rings. The molecular formula is C14H21N3O2. The zero-order valence-electron chi connectivity index (χ0n) is 11.8. The van der Waals surface area contributed by atoms with E-state index in [1.165, 1.54) is 0 Å². The van der Waals surface area contributed by atoms with Gasteiger partial charge in [0.25, 0.3) is 0 Å². The maximum Gasteiger partial charge on any atom is 0.313 e. The molecule has 1 aromatic heterocycles. The molecule has 2 rings (SSSR count). The first-order valence-corrected chi connectivity index (χ1v) is 6.74. The Morgan fingerprint density at radius 3 is 2.89 bits per heavy atom. The number of nitrogens with zero attached hydrogens (tertiary/aromatic N) is 3. The molecule has 0 aromatic carbocycles. The van der Waals surface area contributed by atoms with E-state index in [4.69, 9.17) is 5.11 Å². The number of rotatable bonds is 3. The number of carboxylic acids is 1. The van der Waals surface area contributed by atoms with E-state index in [1.807, 2.05) is 13.0 Å². The second-order valence-electron chi connectivity index (χ2n) is 5.45. The molecule has 0 radical (unpaired) electrons. The second-order valence-corrected chi connectivity index (χ2v) is 5.45. The van der Waals surface area contributed by atoms with Crippen molar-refractivity contribution in [3.8, 4) is 0 Å². The SMILES string of the molecule is Cc1cc(C2CCCN(C)C2)nc(C(C)C(=O)O)n1. The summed E-state index contributed by atoms with van der Waals surface area (Å²) < 4.78 is 0. The van der Waals surface area contributed by atoms with E-state index >= 15 is 0 Å². The molecular weight excluding hydrogens is 242 g/mol. The van der Waals surface area contributed by atoms with Crippen LogP contribution < -0.4 is 0 Å². The van der Waals surface area contributed by atoms with Crippen LogP contribution in [-0.4, -0.2) is 46.1 Å².